The maximum absolute atomic E-state index is 8.21. The molecule has 3 N–H and O–H groups in total. The lowest BCUT2D eigenvalue weighted by atomic mass is 10.0. The molecule has 0 aliphatic rings. The van der Waals surface area contributed by atoms with Crippen molar-refractivity contribution in [2.24, 2.45) is 0 Å². The summed E-state index contributed by atoms with van der Waals surface area (Å²) >= 11 is 1.85. The number of rotatable bonds is 6. The summed E-state index contributed by atoms with van der Waals surface area (Å²) in [5.74, 6) is 1.84. The van der Waals surface area contributed by atoms with Crippen LogP contribution in [0, 0.1) is 11.3 Å². The van der Waals surface area contributed by atoms with Crippen molar-refractivity contribution in [3.05, 3.63) is 103 Å². The predicted octanol–water partition coefficient (Wildman–Crippen LogP) is 6.23. The molecule has 0 fully saturated rings. The zero-order chi connectivity index (χ0) is 23.6. The molecule has 0 aliphatic heterocycles. The normalized spacial score (nSPS) is 10.2. The van der Waals surface area contributed by atoms with Gasteiger partial charge in [0, 0.05) is 46.5 Å². The number of nitrogen functional groups attached to an aromatic ring is 1. The highest BCUT2D eigenvalue weighted by molar-refractivity contribution is 7.99. The van der Waals surface area contributed by atoms with Crippen molar-refractivity contribution < 1.29 is 4.42 Å². The number of hydrogen-bond donors (Lipinski definition) is 2. The molecule has 7 heteroatoms. The molecular formula is C27H23N5OS. The van der Waals surface area contributed by atoms with E-state index in [4.69, 9.17) is 15.4 Å². The minimum Gasteiger partial charge on any atom is -0.464 e. The van der Waals surface area contributed by atoms with Crippen molar-refractivity contribution in [1.29, 1.82) is 5.26 Å². The van der Waals surface area contributed by atoms with Crippen LogP contribution in [0.2, 0.25) is 0 Å². The Morgan fingerprint density at radius 3 is 2.50 bits per heavy atom. The molecule has 0 unspecified atom stereocenters. The third kappa shape index (κ3) is 6.15. The molecule has 3 aromatic carbocycles. The standard InChI is InChI=1S/C22H20N2OS.C5H3N3/c23-17-13-16-8-9-18(24-10-12-26-19-5-2-1-3-6-19)15-20(16)21(14-17)22-7-4-11-25-22;6-1-5-2-7-4-8-3-5/h1-9,11,13-15,24H,10,12,23H2;2-4H. The van der Waals surface area contributed by atoms with Crippen molar-refractivity contribution in [2.45, 2.75) is 4.90 Å². The third-order valence-electron chi connectivity index (χ3n) is 4.90. The van der Waals surface area contributed by atoms with Gasteiger partial charge in [-0.3, -0.25) is 0 Å². The smallest absolute Gasteiger partial charge is 0.134 e. The molecule has 5 aromatic rings. The second kappa shape index (κ2) is 11.5. The van der Waals surface area contributed by atoms with Gasteiger partial charge in [-0.15, -0.1) is 11.8 Å². The van der Waals surface area contributed by atoms with Crippen LogP contribution in [0.5, 0.6) is 0 Å². The molecule has 0 spiro atoms. The van der Waals surface area contributed by atoms with Crippen LogP contribution in [0.25, 0.3) is 22.1 Å². The summed E-state index contributed by atoms with van der Waals surface area (Å²) in [6.07, 6.45) is 6.01. The van der Waals surface area contributed by atoms with Crippen LogP contribution in [0.3, 0.4) is 0 Å². The average molecular weight is 466 g/mol. The van der Waals surface area contributed by atoms with E-state index < -0.39 is 0 Å². The van der Waals surface area contributed by atoms with E-state index in [1.165, 1.54) is 23.6 Å². The molecule has 0 bridgehead atoms. The van der Waals surface area contributed by atoms with Gasteiger partial charge in [-0.2, -0.15) is 5.26 Å². The van der Waals surface area contributed by atoms with Gasteiger partial charge in [0.25, 0.3) is 0 Å². The number of thioether (sulfide) groups is 1. The number of furan rings is 1. The van der Waals surface area contributed by atoms with Crippen LogP contribution in [-0.4, -0.2) is 22.3 Å². The van der Waals surface area contributed by atoms with Crippen molar-refractivity contribution in [3.63, 3.8) is 0 Å². The monoisotopic (exact) mass is 465 g/mol. The summed E-state index contributed by atoms with van der Waals surface area (Å²) in [4.78, 5) is 8.54. The Bertz CT molecular complexity index is 1370. The predicted molar refractivity (Wildman–Crippen MR) is 138 cm³/mol. The van der Waals surface area contributed by atoms with Gasteiger partial charge in [-0.05, 0) is 59.3 Å². The summed E-state index contributed by atoms with van der Waals surface area (Å²) < 4.78 is 5.59. The molecule has 0 saturated heterocycles. The number of hydrogen-bond acceptors (Lipinski definition) is 7. The van der Waals surface area contributed by atoms with Gasteiger partial charge in [0.15, 0.2) is 0 Å². The van der Waals surface area contributed by atoms with Gasteiger partial charge in [0.05, 0.1) is 11.8 Å². The summed E-state index contributed by atoms with van der Waals surface area (Å²) in [6, 6.07) is 26.6. The number of anilines is 2. The molecular weight excluding hydrogens is 442 g/mol. The van der Waals surface area contributed by atoms with Crippen LogP contribution in [-0.2, 0) is 0 Å². The fourth-order valence-electron chi connectivity index (χ4n) is 3.36. The maximum Gasteiger partial charge on any atom is 0.134 e. The Kier molecular flexibility index (Phi) is 7.78. The zero-order valence-corrected chi connectivity index (χ0v) is 19.2. The van der Waals surface area contributed by atoms with Crippen molar-refractivity contribution in [3.8, 4) is 17.4 Å². The van der Waals surface area contributed by atoms with Gasteiger partial charge < -0.3 is 15.5 Å². The number of nitrogens with one attached hydrogen (secondary N) is 1. The number of nitriles is 1. The van der Waals surface area contributed by atoms with Crippen LogP contribution < -0.4 is 11.1 Å². The van der Waals surface area contributed by atoms with E-state index in [0.717, 1.165) is 45.8 Å². The minimum atomic E-state index is 0.493. The fourth-order valence-corrected chi connectivity index (χ4v) is 4.15. The first-order valence-corrected chi connectivity index (χ1v) is 11.7. The van der Waals surface area contributed by atoms with E-state index in [9.17, 15) is 0 Å². The van der Waals surface area contributed by atoms with E-state index in [1.807, 2.05) is 48.2 Å². The third-order valence-corrected chi connectivity index (χ3v) is 5.91. The Morgan fingerprint density at radius 1 is 0.971 bits per heavy atom. The first kappa shape index (κ1) is 22.9. The molecule has 0 radical (unpaired) electrons. The van der Waals surface area contributed by atoms with Gasteiger partial charge >= 0.3 is 0 Å². The molecule has 0 amide bonds. The summed E-state index contributed by atoms with van der Waals surface area (Å²) in [5, 5.41) is 14.0. The number of aromatic nitrogens is 2. The number of nitrogens with two attached hydrogens (primary N) is 1. The summed E-state index contributed by atoms with van der Waals surface area (Å²) in [6.45, 7) is 0.899. The van der Waals surface area contributed by atoms with E-state index in [0.29, 0.717) is 5.56 Å². The molecule has 2 heterocycles. The van der Waals surface area contributed by atoms with E-state index in [2.05, 4.69) is 57.7 Å². The highest BCUT2D eigenvalue weighted by atomic mass is 32.2. The molecule has 168 valence electrons. The highest BCUT2D eigenvalue weighted by Crippen LogP contribution is 2.33. The molecule has 2 aromatic heterocycles. The molecule has 0 saturated carbocycles. The second-order valence-electron chi connectivity index (χ2n) is 7.31. The Morgan fingerprint density at radius 2 is 1.79 bits per heavy atom. The maximum atomic E-state index is 8.21. The first-order valence-electron chi connectivity index (χ1n) is 10.7. The van der Waals surface area contributed by atoms with Gasteiger partial charge in [-0.25, -0.2) is 9.97 Å². The average Bonchev–Trinajstić information content (AvgIpc) is 3.43. The Labute approximate surface area is 202 Å². The lowest BCUT2D eigenvalue weighted by molar-refractivity contribution is 0.583. The minimum absolute atomic E-state index is 0.493. The molecule has 6 nitrogen and oxygen atoms in total. The quantitative estimate of drug-likeness (QED) is 0.174. The fraction of sp³-hybridized carbons (Fsp3) is 0.0741. The highest BCUT2D eigenvalue weighted by Gasteiger charge is 2.09. The van der Waals surface area contributed by atoms with Gasteiger partial charge in [-0.1, -0.05) is 24.3 Å². The lowest BCUT2D eigenvalue weighted by Crippen LogP contribution is -2.03. The van der Waals surface area contributed by atoms with E-state index in [-0.39, 0.29) is 0 Å². The summed E-state index contributed by atoms with van der Waals surface area (Å²) in [7, 11) is 0. The van der Waals surface area contributed by atoms with Crippen molar-refractivity contribution in [2.75, 3.05) is 23.3 Å². The lowest BCUT2D eigenvalue weighted by Gasteiger charge is -2.11. The van der Waals surface area contributed by atoms with Gasteiger partial charge in [0.1, 0.15) is 18.2 Å². The SMILES string of the molecule is N#Cc1cncnc1.Nc1cc(-c2ccco2)c2cc(NCCSc3ccccc3)ccc2c1. The zero-order valence-electron chi connectivity index (χ0n) is 18.4. The molecule has 5 rings (SSSR count). The number of nitrogens with zero attached hydrogens (tertiary/aromatic N) is 3. The molecule has 0 atom stereocenters. The van der Waals surface area contributed by atoms with E-state index in [1.54, 1.807) is 6.26 Å². The second-order valence-corrected chi connectivity index (χ2v) is 8.48. The number of fused-ring (bicyclic) bond motifs is 1. The Balaban J connectivity index is 0.000000291. The van der Waals surface area contributed by atoms with Crippen LogP contribution in [0.15, 0.2) is 107 Å². The van der Waals surface area contributed by atoms with E-state index >= 15 is 0 Å². The van der Waals surface area contributed by atoms with Gasteiger partial charge in [0.2, 0.25) is 0 Å². The van der Waals surface area contributed by atoms with Crippen molar-refractivity contribution >= 4 is 33.9 Å². The topological polar surface area (TPSA) is 101 Å². The van der Waals surface area contributed by atoms with Crippen LogP contribution in [0.1, 0.15) is 5.56 Å². The summed E-state index contributed by atoms with van der Waals surface area (Å²) in [5.41, 5.74) is 9.42. The van der Waals surface area contributed by atoms with Crippen molar-refractivity contribution in [1.82, 2.24) is 9.97 Å². The molecule has 34 heavy (non-hydrogen) atoms. The van der Waals surface area contributed by atoms with Crippen LogP contribution >= 0.6 is 11.8 Å². The first-order chi connectivity index (χ1) is 16.7. The Hall–Kier alpha value is -4.28. The molecule has 0 aliphatic carbocycles. The number of benzene rings is 3. The van der Waals surface area contributed by atoms with Crippen LogP contribution in [0.4, 0.5) is 11.4 Å². The largest absolute Gasteiger partial charge is 0.464 e.